The minimum atomic E-state index is -0.161. The third kappa shape index (κ3) is 2.30. The van der Waals surface area contributed by atoms with Crippen molar-refractivity contribution >= 4 is 5.91 Å². The molecule has 0 radical (unpaired) electrons. The Labute approximate surface area is 106 Å². The normalized spacial score (nSPS) is 12.4. The van der Waals surface area contributed by atoms with Crippen molar-refractivity contribution in [2.24, 2.45) is 7.05 Å². The average Bonchev–Trinajstić information content (AvgIpc) is 2.87. The molecule has 2 aromatic heterocycles. The molecule has 5 nitrogen and oxygen atoms in total. The predicted octanol–water partition coefficient (Wildman–Crippen LogP) is 2.12. The lowest BCUT2D eigenvalue weighted by atomic mass is 10.2. The van der Waals surface area contributed by atoms with Crippen LogP contribution in [0.3, 0.4) is 0 Å². The van der Waals surface area contributed by atoms with Gasteiger partial charge in [-0.15, -0.1) is 0 Å². The van der Waals surface area contributed by atoms with E-state index in [-0.39, 0.29) is 11.9 Å². The van der Waals surface area contributed by atoms with E-state index < -0.39 is 0 Å². The van der Waals surface area contributed by atoms with Crippen molar-refractivity contribution in [1.29, 1.82) is 0 Å². The Morgan fingerprint density at radius 3 is 2.67 bits per heavy atom. The van der Waals surface area contributed by atoms with E-state index in [4.69, 9.17) is 4.42 Å². The Balaban J connectivity index is 2.10. The van der Waals surface area contributed by atoms with Crippen LogP contribution < -0.4 is 5.32 Å². The number of furan rings is 1. The first-order valence-corrected chi connectivity index (χ1v) is 5.85. The highest BCUT2D eigenvalue weighted by Gasteiger charge is 2.17. The number of carbonyl (C=O) groups excluding carboxylic acids is 1. The molecule has 2 aromatic rings. The van der Waals surface area contributed by atoms with Crippen molar-refractivity contribution in [2.45, 2.75) is 26.8 Å². The minimum Gasteiger partial charge on any atom is -0.464 e. The summed E-state index contributed by atoms with van der Waals surface area (Å²) >= 11 is 0. The topological polar surface area (TPSA) is 60.1 Å². The average molecular weight is 247 g/mol. The number of amides is 1. The molecule has 1 N–H and O–H groups in total. The van der Waals surface area contributed by atoms with Gasteiger partial charge in [0.1, 0.15) is 11.5 Å². The molecule has 0 aliphatic carbocycles. The molecule has 2 rings (SSSR count). The Morgan fingerprint density at radius 2 is 2.17 bits per heavy atom. The van der Waals surface area contributed by atoms with Crippen molar-refractivity contribution in [3.05, 3.63) is 41.1 Å². The van der Waals surface area contributed by atoms with Crippen LogP contribution in [-0.4, -0.2) is 15.7 Å². The van der Waals surface area contributed by atoms with Crippen LogP contribution in [0.2, 0.25) is 0 Å². The van der Waals surface area contributed by atoms with Crippen LogP contribution in [0.4, 0.5) is 0 Å². The molecule has 0 bridgehead atoms. The molecule has 18 heavy (non-hydrogen) atoms. The Bertz CT molecular complexity index is 569. The van der Waals surface area contributed by atoms with E-state index in [9.17, 15) is 4.79 Å². The highest BCUT2D eigenvalue weighted by molar-refractivity contribution is 5.95. The molecule has 1 atom stereocenters. The molecule has 0 fully saturated rings. The maximum atomic E-state index is 12.1. The summed E-state index contributed by atoms with van der Waals surface area (Å²) in [5.41, 5.74) is 1.43. The van der Waals surface area contributed by atoms with Gasteiger partial charge in [-0.25, -0.2) is 0 Å². The van der Waals surface area contributed by atoms with Crippen LogP contribution in [0.15, 0.2) is 22.7 Å². The molecule has 5 heteroatoms. The summed E-state index contributed by atoms with van der Waals surface area (Å²) in [6.45, 7) is 5.63. The van der Waals surface area contributed by atoms with Crippen molar-refractivity contribution in [1.82, 2.24) is 15.1 Å². The molecule has 0 aliphatic heterocycles. The predicted molar refractivity (Wildman–Crippen MR) is 67.3 cm³/mol. The van der Waals surface area contributed by atoms with Gasteiger partial charge in [0.25, 0.3) is 5.91 Å². The molecule has 2 heterocycles. The summed E-state index contributed by atoms with van der Waals surface area (Å²) in [5.74, 6) is 1.45. The Morgan fingerprint density at radius 1 is 1.44 bits per heavy atom. The van der Waals surface area contributed by atoms with Crippen molar-refractivity contribution in [3.63, 3.8) is 0 Å². The number of rotatable bonds is 3. The standard InChI is InChI=1S/C13H17N3O2/c1-8-5-6-12(18-8)9(2)15-13(17)11-7-14-16(4)10(11)3/h5-7,9H,1-4H3,(H,15,17). The van der Waals surface area contributed by atoms with Crippen LogP contribution in [0.5, 0.6) is 0 Å². The SMILES string of the molecule is Cc1ccc(C(C)NC(=O)c2cnn(C)c2C)o1. The monoisotopic (exact) mass is 247 g/mol. The summed E-state index contributed by atoms with van der Waals surface area (Å²) in [5, 5.41) is 6.95. The number of hydrogen-bond acceptors (Lipinski definition) is 3. The van der Waals surface area contributed by atoms with E-state index in [1.54, 1.807) is 10.9 Å². The zero-order valence-electron chi connectivity index (χ0n) is 11.0. The molecule has 96 valence electrons. The highest BCUT2D eigenvalue weighted by Crippen LogP contribution is 2.16. The number of hydrogen-bond donors (Lipinski definition) is 1. The van der Waals surface area contributed by atoms with Gasteiger partial charge in [0.2, 0.25) is 0 Å². The number of aryl methyl sites for hydroxylation is 2. The van der Waals surface area contributed by atoms with Gasteiger partial charge in [-0.2, -0.15) is 5.10 Å². The van der Waals surface area contributed by atoms with Gasteiger partial charge in [0, 0.05) is 12.7 Å². The van der Waals surface area contributed by atoms with E-state index >= 15 is 0 Å². The smallest absolute Gasteiger partial charge is 0.255 e. The van der Waals surface area contributed by atoms with E-state index in [1.165, 1.54) is 0 Å². The van der Waals surface area contributed by atoms with Crippen LogP contribution >= 0.6 is 0 Å². The number of carbonyl (C=O) groups is 1. The molecule has 0 aliphatic rings. The second kappa shape index (κ2) is 4.68. The molecule has 0 saturated heterocycles. The Hall–Kier alpha value is -2.04. The van der Waals surface area contributed by atoms with Crippen molar-refractivity contribution in [3.8, 4) is 0 Å². The fourth-order valence-corrected chi connectivity index (χ4v) is 1.75. The third-order valence-corrected chi connectivity index (χ3v) is 3.02. The summed E-state index contributed by atoms with van der Waals surface area (Å²) in [7, 11) is 1.81. The second-order valence-corrected chi connectivity index (χ2v) is 4.41. The lowest BCUT2D eigenvalue weighted by Gasteiger charge is -2.11. The summed E-state index contributed by atoms with van der Waals surface area (Å²) in [4.78, 5) is 12.1. The van der Waals surface area contributed by atoms with Crippen molar-refractivity contribution < 1.29 is 9.21 Å². The van der Waals surface area contributed by atoms with Gasteiger partial charge >= 0.3 is 0 Å². The summed E-state index contributed by atoms with van der Waals surface area (Å²) in [6, 6.07) is 3.59. The van der Waals surface area contributed by atoms with Crippen LogP contribution in [0.1, 0.15) is 40.5 Å². The number of nitrogens with zero attached hydrogens (tertiary/aromatic N) is 2. The molecular formula is C13H17N3O2. The first-order valence-electron chi connectivity index (χ1n) is 5.85. The number of nitrogens with one attached hydrogen (secondary N) is 1. The molecule has 0 aromatic carbocycles. The van der Waals surface area contributed by atoms with Gasteiger partial charge in [-0.05, 0) is 32.9 Å². The third-order valence-electron chi connectivity index (χ3n) is 3.02. The van der Waals surface area contributed by atoms with Gasteiger partial charge < -0.3 is 9.73 Å². The number of aromatic nitrogens is 2. The van der Waals surface area contributed by atoms with Gasteiger partial charge in [0.15, 0.2) is 0 Å². The maximum absolute atomic E-state index is 12.1. The second-order valence-electron chi connectivity index (χ2n) is 4.41. The molecule has 1 amide bonds. The maximum Gasteiger partial charge on any atom is 0.255 e. The lowest BCUT2D eigenvalue weighted by Crippen LogP contribution is -2.26. The first-order chi connectivity index (χ1) is 8.49. The first kappa shape index (κ1) is 12.4. The minimum absolute atomic E-state index is 0.137. The van der Waals surface area contributed by atoms with E-state index in [0.717, 1.165) is 17.2 Å². The molecule has 0 spiro atoms. The van der Waals surface area contributed by atoms with E-state index in [2.05, 4.69) is 10.4 Å². The zero-order valence-corrected chi connectivity index (χ0v) is 11.0. The van der Waals surface area contributed by atoms with Gasteiger partial charge in [-0.3, -0.25) is 9.48 Å². The summed E-state index contributed by atoms with van der Waals surface area (Å²) < 4.78 is 7.16. The van der Waals surface area contributed by atoms with Crippen LogP contribution in [0.25, 0.3) is 0 Å². The quantitative estimate of drug-likeness (QED) is 0.903. The van der Waals surface area contributed by atoms with Crippen molar-refractivity contribution in [2.75, 3.05) is 0 Å². The van der Waals surface area contributed by atoms with Gasteiger partial charge in [0.05, 0.1) is 17.8 Å². The van der Waals surface area contributed by atoms with Gasteiger partial charge in [-0.1, -0.05) is 0 Å². The molecule has 0 saturated carbocycles. The van der Waals surface area contributed by atoms with Crippen LogP contribution in [-0.2, 0) is 7.05 Å². The largest absolute Gasteiger partial charge is 0.464 e. The van der Waals surface area contributed by atoms with E-state index in [1.807, 2.05) is 40.0 Å². The molecular weight excluding hydrogens is 230 g/mol. The highest BCUT2D eigenvalue weighted by atomic mass is 16.3. The fourth-order valence-electron chi connectivity index (χ4n) is 1.75. The molecule has 1 unspecified atom stereocenters. The fraction of sp³-hybridized carbons (Fsp3) is 0.385. The lowest BCUT2D eigenvalue weighted by molar-refractivity contribution is 0.0934. The zero-order chi connectivity index (χ0) is 13.3. The Kier molecular flexibility index (Phi) is 3.23. The summed E-state index contributed by atoms with van der Waals surface area (Å²) in [6.07, 6.45) is 1.57. The van der Waals surface area contributed by atoms with Crippen LogP contribution in [0, 0.1) is 13.8 Å². The van der Waals surface area contributed by atoms with E-state index in [0.29, 0.717) is 5.56 Å².